The number of rotatable bonds is 5. The summed E-state index contributed by atoms with van der Waals surface area (Å²) in [4.78, 5) is 32.0. The van der Waals surface area contributed by atoms with Gasteiger partial charge in [0.15, 0.2) is 0 Å². The smallest absolute Gasteiger partial charge is 0.251 e. The molecule has 2 heterocycles. The highest BCUT2D eigenvalue weighted by Crippen LogP contribution is 2.29. The van der Waals surface area contributed by atoms with Crippen molar-refractivity contribution >= 4 is 17.5 Å². The van der Waals surface area contributed by atoms with Gasteiger partial charge in [0.1, 0.15) is 5.75 Å². The zero-order chi connectivity index (χ0) is 22.1. The maximum Gasteiger partial charge on any atom is 0.251 e. The molecule has 1 aliphatic carbocycles. The summed E-state index contributed by atoms with van der Waals surface area (Å²) in [7, 11) is 0. The lowest BCUT2D eigenvalue weighted by Crippen LogP contribution is -2.55. The minimum atomic E-state index is -0.344. The number of carbonyl (C=O) groups excluding carboxylic acids is 2. The van der Waals surface area contributed by atoms with Crippen LogP contribution in [0.25, 0.3) is 0 Å². The Kier molecular flexibility index (Phi) is 5.98. The van der Waals surface area contributed by atoms with Crippen LogP contribution in [0, 0.1) is 0 Å². The number of anilines is 1. The van der Waals surface area contributed by atoms with Crippen LogP contribution in [0.2, 0.25) is 0 Å². The van der Waals surface area contributed by atoms with E-state index >= 15 is 0 Å². The van der Waals surface area contributed by atoms with Crippen LogP contribution in [-0.2, 0) is 22.4 Å². The van der Waals surface area contributed by atoms with E-state index in [0.29, 0.717) is 18.3 Å². The fourth-order valence-corrected chi connectivity index (χ4v) is 5.43. The lowest BCUT2D eigenvalue weighted by Gasteiger charge is -2.42. The summed E-state index contributed by atoms with van der Waals surface area (Å²) in [6.45, 7) is 6.08. The zero-order valence-electron chi connectivity index (χ0n) is 18.7. The number of ether oxygens (including phenoxy) is 1. The summed E-state index contributed by atoms with van der Waals surface area (Å²) < 4.78 is 5.47. The van der Waals surface area contributed by atoms with Gasteiger partial charge in [-0.25, -0.2) is 4.90 Å². The maximum atomic E-state index is 13.2. The summed E-state index contributed by atoms with van der Waals surface area (Å²) in [6, 6.07) is 16.2. The van der Waals surface area contributed by atoms with E-state index in [9.17, 15) is 9.59 Å². The molecule has 2 saturated heterocycles. The second-order valence-corrected chi connectivity index (χ2v) is 8.95. The van der Waals surface area contributed by atoms with Gasteiger partial charge >= 0.3 is 0 Å². The standard InChI is InChI=1S/C26H31N3O3/c1-2-32-23-11-9-21(10-12-23)29-25(30)18-24(26(29)31)28-15-13-27(14-16-28)22-8-7-19-5-3-4-6-20(19)17-22/h3-6,9-12,22,24H,2,7-8,13-18H2,1H3/t22-,24-/m1/s1. The van der Waals surface area contributed by atoms with E-state index < -0.39 is 0 Å². The first-order valence-electron chi connectivity index (χ1n) is 11.8. The number of hydrogen-bond donors (Lipinski definition) is 0. The minimum Gasteiger partial charge on any atom is -0.494 e. The average molecular weight is 434 g/mol. The highest BCUT2D eigenvalue weighted by molar-refractivity contribution is 6.22. The Labute approximate surface area is 189 Å². The van der Waals surface area contributed by atoms with Gasteiger partial charge in [-0.05, 0) is 61.6 Å². The van der Waals surface area contributed by atoms with Gasteiger partial charge in [0.05, 0.1) is 24.8 Å². The van der Waals surface area contributed by atoms with Gasteiger partial charge in [0.2, 0.25) is 5.91 Å². The summed E-state index contributed by atoms with van der Waals surface area (Å²) in [6.07, 6.45) is 3.72. The summed E-state index contributed by atoms with van der Waals surface area (Å²) in [5, 5.41) is 0. The molecule has 6 nitrogen and oxygen atoms in total. The molecule has 0 spiro atoms. The predicted molar refractivity (Wildman–Crippen MR) is 124 cm³/mol. The van der Waals surface area contributed by atoms with Gasteiger partial charge < -0.3 is 4.74 Å². The third kappa shape index (κ3) is 4.05. The predicted octanol–water partition coefficient (Wildman–Crippen LogP) is 2.89. The van der Waals surface area contributed by atoms with Crippen LogP contribution in [0.1, 0.15) is 30.9 Å². The van der Waals surface area contributed by atoms with E-state index in [1.165, 1.54) is 22.4 Å². The monoisotopic (exact) mass is 433 g/mol. The maximum absolute atomic E-state index is 13.2. The zero-order valence-corrected chi connectivity index (χ0v) is 18.7. The molecule has 2 atom stereocenters. The van der Waals surface area contributed by atoms with E-state index in [0.717, 1.165) is 44.8 Å². The fourth-order valence-electron chi connectivity index (χ4n) is 5.43. The molecule has 2 fully saturated rings. The molecule has 3 aliphatic rings. The van der Waals surface area contributed by atoms with Gasteiger partial charge in [-0.1, -0.05) is 24.3 Å². The molecule has 6 heteroatoms. The van der Waals surface area contributed by atoms with Crippen molar-refractivity contribution in [3.05, 3.63) is 59.7 Å². The molecule has 32 heavy (non-hydrogen) atoms. The minimum absolute atomic E-state index is 0.0980. The molecule has 0 aromatic heterocycles. The molecule has 0 unspecified atom stereocenters. The Bertz CT molecular complexity index is 982. The Morgan fingerprint density at radius 1 is 0.875 bits per heavy atom. The quantitative estimate of drug-likeness (QED) is 0.679. The average Bonchev–Trinajstić information content (AvgIpc) is 3.13. The Hall–Kier alpha value is -2.70. The second-order valence-electron chi connectivity index (χ2n) is 8.95. The van der Waals surface area contributed by atoms with Crippen LogP contribution in [0.4, 0.5) is 5.69 Å². The molecule has 2 aromatic rings. The Balaban J connectivity index is 1.20. The van der Waals surface area contributed by atoms with Crippen LogP contribution in [0.15, 0.2) is 48.5 Å². The van der Waals surface area contributed by atoms with E-state index in [2.05, 4.69) is 34.1 Å². The third-order valence-corrected chi connectivity index (χ3v) is 7.16. The molecular formula is C26H31N3O3. The number of amides is 2. The molecule has 0 N–H and O–H groups in total. The van der Waals surface area contributed by atoms with Crippen LogP contribution < -0.4 is 9.64 Å². The molecule has 0 saturated carbocycles. The van der Waals surface area contributed by atoms with Gasteiger partial charge in [-0.3, -0.25) is 19.4 Å². The van der Waals surface area contributed by atoms with E-state index in [-0.39, 0.29) is 24.3 Å². The van der Waals surface area contributed by atoms with Crippen LogP contribution in [0.5, 0.6) is 5.75 Å². The van der Waals surface area contributed by atoms with E-state index in [1.54, 1.807) is 12.1 Å². The van der Waals surface area contributed by atoms with Crippen molar-refractivity contribution in [1.29, 1.82) is 0 Å². The number of imide groups is 1. The Morgan fingerprint density at radius 2 is 1.56 bits per heavy atom. The van der Waals surface area contributed by atoms with E-state index in [1.807, 2.05) is 19.1 Å². The number of hydrogen-bond acceptors (Lipinski definition) is 5. The summed E-state index contributed by atoms with van der Waals surface area (Å²) in [5.74, 6) is 0.531. The van der Waals surface area contributed by atoms with Crippen molar-refractivity contribution in [2.24, 2.45) is 0 Å². The highest BCUT2D eigenvalue weighted by atomic mass is 16.5. The lowest BCUT2D eigenvalue weighted by atomic mass is 9.87. The molecular weight excluding hydrogens is 402 g/mol. The topological polar surface area (TPSA) is 53.1 Å². The van der Waals surface area contributed by atoms with Crippen LogP contribution in [0.3, 0.4) is 0 Å². The molecule has 0 bridgehead atoms. The number of benzene rings is 2. The molecule has 168 valence electrons. The summed E-state index contributed by atoms with van der Waals surface area (Å²) >= 11 is 0. The third-order valence-electron chi connectivity index (χ3n) is 7.16. The van der Waals surface area contributed by atoms with Crippen molar-refractivity contribution in [2.45, 2.75) is 44.7 Å². The van der Waals surface area contributed by atoms with Crippen molar-refractivity contribution in [1.82, 2.24) is 9.80 Å². The number of nitrogens with zero attached hydrogens (tertiary/aromatic N) is 3. The molecule has 2 aromatic carbocycles. The van der Waals surface area contributed by atoms with Crippen LogP contribution >= 0.6 is 0 Å². The molecule has 5 rings (SSSR count). The molecule has 2 amide bonds. The Morgan fingerprint density at radius 3 is 2.28 bits per heavy atom. The normalized spacial score (nSPS) is 24.6. The molecule has 2 aliphatic heterocycles. The summed E-state index contributed by atoms with van der Waals surface area (Å²) in [5.41, 5.74) is 3.60. The number of piperazine rings is 1. The number of carbonyl (C=O) groups is 2. The first-order chi connectivity index (χ1) is 15.6. The van der Waals surface area contributed by atoms with E-state index in [4.69, 9.17) is 4.74 Å². The molecule has 0 radical (unpaired) electrons. The van der Waals surface area contributed by atoms with Crippen LogP contribution in [-0.4, -0.2) is 66.5 Å². The highest BCUT2D eigenvalue weighted by Gasteiger charge is 2.43. The number of aryl methyl sites for hydroxylation is 1. The van der Waals surface area contributed by atoms with Gasteiger partial charge in [-0.15, -0.1) is 0 Å². The first-order valence-corrected chi connectivity index (χ1v) is 11.8. The van der Waals surface area contributed by atoms with Crippen molar-refractivity contribution < 1.29 is 14.3 Å². The van der Waals surface area contributed by atoms with Gasteiger partial charge in [-0.2, -0.15) is 0 Å². The van der Waals surface area contributed by atoms with Gasteiger partial charge in [0, 0.05) is 32.2 Å². The fraction of sp³-hybridized carbons (Fsp3) is 0.462. The van der Waals surface area contributed by atoms with Crippen molar-refractivity contribution in [3.8, 4) is 5.75 Å². The van der Waals surface area contributed by atoms with Gasteiger partial charge in [0.25, 0.3) is 5.91 Å². The lowest BCUT2D eigenvalue weighted by molar-refractivity contribution is -0.123. The SMILES string of the molecule is CCOc1ccc(N2C(=O)C[C@@H](N3CCN([C@@H]4CCc5ccccc5C4)CC3)C2=O)cc1. The number of fused-ring (bicyclic) bond motifs is 1. The second kappa shape index (κ2) is 9.04. The largest absolute Gasteiger partial charge is 0.494 e. The first kappa shape index (κ1) is 21.2. The van der Waals surface area contributed by atoms with Crippen molar-refractivity contribution in [3.63, 3.8) is 0 Å². The van der Waals surface area contributed by atoms with Crippen molar-refractivity contribution in [2.75, 3.05) is 37.7 Å².